The third-order valence-electron chi connectivity index (χ3n) is 4.91. The van der Waals surface area contributed by atoms with Crippen molar-refractivity contribution < 1.29 is 51.4 Å². The predicted octanol–water partition coefficient (Wildman–Crippen LogP) is 1.91. The molecular formula is C21H22F3N5O8S2. The highest BCUT2D eigenvalue weighted by Crippen LogP contribution is 2.41. The molecule has 3 heterocycles. The van der Waals surface area contributed by atoms with E-state index >= 15 is 0 Å². The molecule has 212 valence electrons. The fourth-order valence-electron chi connectivity index (χ4n) is 3.37. The number of amides is 2. The first-order valence-electron chi connectivity index (χ1n) is 11.0. The molecule has 1 saturated heterocycles. The van der Waals surface area contributed by atoms with E-state index in [2.05, 4.69) is 25.0 Å². The largest absolute Gasteiger partial charge is 0.511 e. The van der Waals surface area contributed by atoms with Gasteiger partial charge in [0.25, 0.3) is 11.8 Å². The second kappa shape index (κ2) is 12.4. The van der Waals surface area contributed by atoms with Crippen LogP contribution in [0.5, 0.6) is 0 Å². The minimum atomic E-state index is -4.70. The second-order valence-electron chi connectivity index (χ2n) is 7.58. The number of thioether (sulfide) groups is 1. The summed E-state index contributed by atoms with van der Waals surface area (Å²) in [5.41, 5.74) is 4.76. The van der Waals surface area contributed by atoms with E-state index in [9.17, 15) is 32.3 Å². The Bertz CT molecular complexity index is 1230. The van der Waals surface area contributed by atoms with Crippen LogP contribution in [-0.4, -0.2) is 82.9 Å². The fourth-order valence-corrected chi connectivity index (χ4v) is 5.24. The Morgan fingerprint density at radius 1 is 1.36 bits per heavy atom. The smallest absolute Gasteiger partial charge is 0.435 e. The average molecular weight is 594 g/mol. The Morgan fingerprint density at radius 2 is 2.08 bits per heavy atom. The highest BCUT2D eigenvalue weighted by molar-refractivity contribution is 8.00. The molecule has 3 atom stereocenters. The number of nitrogen functional groups attached to an aromatic ring is 1. The second-order valence-corrected chi connectivity index (χ2v) is 9.57. The number of hydrogen-bond donors (Lipinski definition) is 2. The van der Waals surface area contributed by atoms with Crippen LogP contribution >= 0.6 is 23.1 Å². The van der Waals surface area contributed by atoms with Gasteiger partial charge in [-0.3, -0.25) is 14.5 Å². The van der Waals surface area contributed by atoms with Crippen LogP contribution in [0.3, 0.4) is 0 Å². The number of nitrogens with one attached hydrogen (secondary N) is 1. The van der Waals surface area contributed by atoms with Gasteiger partial charge in [0.15, 0.2) is 10.8 Å². The van der Waals surface area contributed by atoms with Gasteiger partial charge in [-0.15, -0.1) is 23.1 Å². The standard InChI is InChI=1S/C21H22F3N5O8S2/c1-4-35-20(33)37-9(2)36-18(32)14-10(5-6-21(22,23)24)7-38-17-13(16(31)29(14)17)27-15(30)12(28-34-3)11-8-39-19(25)26-11/h5-6,8-9,13,17H,4,7H2,1-3H3,(H2,25,26)(H,27,30)/b6-5+,28-12+. The lowest BCUT2D eigenvalue weighted by Crippen LogP contribution is -2.71. The van der Waals surface area contributed by atoms with Crippen LogP contribution in [-0.2, 0) is 33.4 Å². The third kappa shape index (κ3) is 7.20. The maximum atomic E-state index is 13.1. The van der Waals surface area contributed by atoms with Crippen molar-refractivity contribution in [2.45, 2.75) is 37.7 Å². The molecule has 18 heteroatoms. The number of alkyl halides is 3. The molecule has 2 aliphatic heterocycles. The molecule has 13 nitrogen and oxygen atoms in total. The van der Waals surface area contributed by atoms with Crippen molar-refractivity contribution in [2.75, 3.05) is 25.2 Å². The number of oxime groups is 1. The summed E-state index contributed by atoms with van der Waals surface area (Å²) in [6.45, 7) is 2.68. The molecule has 3 unspecified atom stereocenters. The predicted molar refractivity (Wildman–Crippen MR) is 131 cm³/mol. The van der Waals surface area contributed by atoms with Gasteiger partial charge >= 0.3 is 18.3 Å². The summed E-state index contributed by atoms with van der Waals surface area (Å²) in [5, 5.41) is 6.83. The van der Waals surface area contributed by atoms with E-state index in [1.54, 1.807) is 0 Å². The van der Waals surface area contributed by atoms with E-state index in [4.69, 9.17) is 15.2 Å². The number of esters is 1. The first kappa shape index (κ1) is 29.8. The lowest BCUT2D eigenvalue weighted by molar-refractivity contribution is -0.168. The monoisotopic (exact) mass is 593 g/mol. The summed E-state index contributed by atoms with van der Waals surface area (Å²) in [6.07, 6.45) is -6.78. The number of rotatable bonds is 9. The average Bonchev–Trinajstić information content (AvgIpc) is 3.28. The van der Waals surface area contributed by atoms with Crippen molar-refractivity contribution in [1.29, 1.82) is 0 Å². The fraction of sp³-hybridized carbons (Fsp3) is 0.429. The maximum absolute atomic E-state index is 13.1. The molecule has 0 radical (unpaired) electrons. The number of carbonyl (C=O) groups is 4. The zero-order chi connectivity index (χ0) is 28.9. The molecule has 2 aliphatic rings. The van der Waals surface area contributed by atoms with Crippen molar-refractivity contribution in [1.82, 2.24) is 15.2 Å². The van der Waals surface area contributed by atoms with E-state index in [0.717, 1.165) is 28.0 Å². The van der Waals surface area contributed by atoms with E-state index < -0.39 is 53.5 Å². The van der Waals surface area contributed by atoms with Gasteiger partial charge in [-0.2, -0.15) is 13.2 Å². The highest BCUT2D eigenvalue weighted by Gasteiger charge is 2.54. The van der Waals surface area contributed by atoms with Gasteiger partial charge in [0, 0.05) is 24.1 Å². The first-order chi connectivity index (χ1) is 18.4. The zero-order valence-electron chi connectivity index (χ0n) is 20.5. The molecule has 0 spiro atoms. The van der Waals surface area contributed by atoms with Crippen LogP contribution in [0.15, 0.2) is 34.0 Å². The molecule has 2 amide bonds. The number of anilines is 1. The molecule has 1 aromatic rings. The number of halogens is 3. The molecule has 0 saturated carbocycles. The Hall–Kier alpha value is -3.80. The van der Waals surface area contributed by atoms with E-state index in [0.29, 0.717) is 6.08 Å². The summed E-state index contributed by atoms with van der Waals surface area (Å²) in [5.74, 6) is -3.02. The van der Waals surface area contributed by atoms with Crippen molar-refractivity contribution in [2.24, 2.45) is 5.16 Å². The van der Waals surface area contributed by atoms with Crippen LogP contribution in [0.25, 0.3) is 0 Å². The summed E-state index contributed by atoms with van der Waals surface area (Å²) in [6, 6.07) is -1.18. The van der Waals surface area contributed by atoms with Gasteiger partial charge in [0.2, 0.25) is 6.29 Å². The van der Waals surface area contributed by atoms with Gasteiger partial charge in [0.1, 0.15) is 29.9 Å². The van der Waals surface area contributed by atoms with E-state index in [-0.39, 0.29) is 40.5 Å². The Morgan fingerprint density at radius 3 is 2.67 bits per heavy atom. The minimum Gasteiger partial charge on any atom is -0.435 e. The first-order valence-corrected chi connectivity index (χ1v) is 12.9. The summed E-state index contributed by atoms with van der Waals surface area (Å²) >= 11 is 2.05. The Kier molecular flexibility index (Phi) is 9.44. The molecule has 3 rings (SSSR count). The van der Waals surface area contributed by atoms with Gasteiger partial charge in [-0.05, 0) is 12.5 Å². The minimum absolute atomic E-state index is 0.0159. The molecule has 0 bridgehead atoms. The lowest BCUT2D eigenvalue weighted by atomic mass is 10.0. The van der Waals surface area contributed by atoms with Crippen molar-refractivity contribution in [3.63, 3.8) is 0 Å². The number of nitrogens with zero attached hydrogens (tertiary/aromatic N) is 3. The number of β-lactam (4-membered cyclic amide) rings is 1. The number of carbonyl (C=O) groups excluding carboxylic acids is 4. The van der Waals surface area contributed by atoms with Crippen LogP contribution in [0, 0.1) is 0 Å². The quantitative estimate of drug-likeness (QED) is 0.141. The number of thiazole rings is 1. The van der Waals surface area contributed by atoms with Gasteiger partial charge < -0.3 is 30.1 Å². The summed E-state index contributed by atoms with van der Waals surface area (Å²) in [7, 11) is 1.20. The van der Waals surface area contributed by atoms with Crippen molar-refractivity contribution in [3.05, 3.63) is 34.5 Å². The number of aromatic nitrogens is 1. The van der Waals surface area contributed by atoms with E-state index in [1.807, 2.05) is 0 Å². The maximum Gasteiger partial charge on any atom is 0.511 e. The molecule has 0 aromatic carbocycles. The van der Waals surface area contributed by atoms with Gasteiger partial charge in [-0.25, -0.2) is 14.6 Å². The lowest BCUT2D eigenvalue weighted by Gasteiger charge is -2.49. The SMILES string of the molecule is CCOC(=O)OC(C)OC(=O)C1=C(/C=C/C(F)(F)F)CSC2C(NC(=O)/C(=N/OC)c3csc(N)n3)C(=O)N12. The number of nitrogens with two attached hydrogens (primary N) is 1. The van der Waals surface area contributed by atoms with Gasteiger partial charge in [0.05, 0.1) is 6.61 Å². The number of fused-ring (bicyclic) bond motifs is 1. The number of hydrogen-bond acceptors (Lipinski definition) is 13. The molecule has 39 heavy (non-hydrogen) atoms. The van der Waals surface area contributed by atoms with Crippen LogP contribution in [0.4, 0.5) is 23.1 Å². The van der Waals surface area contributed by atoms with Crippen LogP contribution < -0.4 is 11.1 Å². The van der Waals surface area contributed by atoms with Crippen LogP contribution in [0.2, 0.25) is 0 Å². The normalized spacial score (nSPS) is 20.2. The summed E-state index contributed by atoms with van der Waals surface area (Å²) < 4.78 is 52.9. The topological polar surface area (TPSA) is 172 Å². The highest BCUT2D eigenvalue weighted by atomic mass is 32.2. The molecule has 1 aromatic heterocycles. The van der Waals surface area contributed by atoms with Crippen molar-refractivity contribution >= 4 is 57.9 Å². The number of allylic oxidation sites excluding steroid dienone is 2. The molecule has 1 fully saturated rings. The molecule has 0 aliphatic carbocycles. The molecular weight excluding hydrogens is 571 g/mol. The Balaban J connectivity index is 1.83. The van der Waals surface area contributed by atoms with Crippen molar-refractivity contribution in [3.8, 4) is 0 Å². The number of ether oxygens (including phenoxy) is 3. The zero-order valence-corrected chi connectivity index (χ0v) is 22.1. The third-order valence-corrected chi connectivity index (χ3v) is 6.89. The summed E-state index contributed by atoms with van der Waals surface area (Å²) in [4.78, 5) is 60.0. The van der Waals surface area contributed by atoms with Crippen LogP contribution in [0.1, 0.15) is 19.5 Å². The van der Waals surface area contributed by atoms with Gasteiger partial charge in [-0.1, -0.05) is 11.2 Å². The molecule has 3 N–H and O–H groups in total. The van der Waals surface area contributed by atoms with E-state index in [1.165, 1.54) is 26.3 Å². The Labute approximate surface area is 227 Å².